The zero-order valence-electron chi connectivity index (χ0n) is 15.7. The Hall–Kier alpha value is -2.69. The van der Waals surface area contributed by atoms with Crippen molar-refractivity contribution < 1.29 is 4.79 Å². The molecule has 4 rings (SSSR count). The molecule has 2 aromatic rings. The number of amides is 1. The van der Waals surface area contributed by atoms with E-state index >= 15 is 0 Å². The number of nitrogens with one attached hydrogen (secondary N) is 1. The Balaban J connectivity index is 1.37. The normalized spacial score (nSPS) is 16.4. The zero-order valence-corrected chi connectivity index (χ0v) is 15.7. The van der Waals surface area contributed by atoms with Gasteiger partial charge in [0.1, 0.15) is 17.8 Å². The molecule has 1 amide bonds. The number of carbonyl (C=O) groups excluding carboxylic acids is 1. The molecule has 0 atom stereocenters. The predicted molar refractivity (Wildman–Crippen MR) is 107 cm³/mol. The minimum Gasteiger partial charge on any atom is -0.352 e. The van der Waals surface area contributed by atoms with E-state index < -0.39 is 0 Å². The van der Waals surface area contributed by atoms with Crippen LogP contribution in [0.1, 0.15) is 53.7 Å². The summed E-state index contributed by atoms with van der Waals surface area (Å²) in [6.45, 7) is 2.40. The molecule has 0 saturated heterocycles. The molecule has 1 aromatic heterocycles. The van der Waals surface area contributed by atoms with Crippen LogP contribution in [0.4, 0.5) is 5.82 Å². The molecular formula is C22H26N4O. The average Bonchev–Trinajstić information content (AvgIpc) is 2.74. The fourth-order valence-corrected chi connectivity index (χ4v) is 3.89. The van der Waals surface area contributed by atoms with Crippen LogP contribution in [0.2, 0.25) is 0 Å². The number of carbonyl (C=O) groups is 1. The molecule has 0 radical (unpaired) electrons. The van der Waals surface area contributed by atoms with Crippen LogP contribution < -0.4 is 10.2 Å². The van der Waals surface area contributed by atoms with Crippen molar-refractivity contribution >= 4 is 11.7 Å². The Bertz CT molecular complexity index is 846. The van der Waals surface area contributed by atoms with Crippen LogP contribution in [-0.2, 0) is 13.0 Å². The highest BCUT2D eigenvalue weighted by molar-refractivity contribution is 5.92. The monoisotopic (exact) mass is 362 g/mol. The van der Waals surface area contributed by atoms with E-state index in [9.17, 15) is 4.79 Å². The number of rotatable bonds is 5. The van der Waals surface area contributed by atoms with Gasteiger partial charge in [-0.2, -0.15) is 0 Å². The number of benzene rings is 1. The first kappa shape index (κ1) is 17.7. The predicted octanol–water partition coefficient (Wildman–Crippen LogP) is 3.66. The first-order valence-corrected chi connectivity index (χ1v) is 9.89. The van der Waals surface area contributed by atoms with Crippen molar-refractivity contribution in [3.63, 3.8) is 0 Å². The molecular weight excluding hydrogens is 336 g/mol. The lowest BCUT2D eigenvalue weighted by molar-refractivity contribution is 0.0949. The summed E-state index contributed by atoms with van der Waals surface area (Å²) in [5.74, 6) is 0.701. The molecule has 1 aromatic carbocycles. The lowest BCUT2D eigenvalue weighted by atomic mass is 9.97. The van der Waals surface area contributed by atoms with Gasteiger partial charge in [-0.3, -0.25) is 4.79 Å². The van der Waals surface area contributed by atoms with Gasteiger partial charge in [0.2, 0.25) is 0 Å². The first-order chi connectivity index (χ1) is 13.3. The third-order valence-corrected chi connectivity index (χ3v) is 5.46. The minimum absolute atomic E-state index is 0.118. The highest BCUT2D eigenvalue weighted by Crippen LogP contribution is 2.23. The molecule has 1 aliphatic carbocycles. The SMILES string of the molecule is O=C(NCCC1=CCCCC1)c1cc(N2CCc3ccccc3C2)ncn1. The van der Waals surface area contributed by atoms with Crippen LogP contribution >= 0.6 is 0 Å². The maximum absolute atomic E-state index is 12.5. The number of hydrogen-bond acceptors (Lipinski definition) is 4. The molecule has 0 fully saturated rings. The summed E-state index contributed by atoms with van der Waals surface area (Å²) in [5.41, 5.74) is 4.64. The summed E-state index contributed by atoms with van der Waals surface area (Å²) in [6.07, 6.45) is 10.7. The first-order valence-electron chi connectivity index (χ1n) is 9.89. The van der Waals surface area contributed by atoms with Gasteiger partial charge in [0, 0.05) is 25.7 Å². The van der Waals surface area contributed by atoms with Crippen molar-refractivity contribution in [2.75, 3.05) is 18.0 Å². The zero-order chi connectivity index (χ0) is 18.5. The van der Waals surface area contributed by atoms with Crippen LogP contribution in [-0.4, -0.2) is 29.0 Å². The molecule has 2 aliphatic rings. The van der Waals surface area contributed by atoms with E-state index in [-0.39, 0.29) is 5.91 Å². The van der Waals surface area contributed by atoms with E-state index in [2.05, 4.69) is 50.5 Å². The van der Waals surface area contributed by atoms with Gasteiger partial charge in [-0.15, -0.1) is 0 Å². The van der Waals surface area contributed by atoms with Crippen LogP contribution in [0.15, 0.2) is 48.3 Å². The van der Waals surface area contributed by atoms with E-state index in [0.717, 1.165) is 31.7 Å². The van der Waals surface area contributed by atoms with E-state index in [1.165, 1.54) is 48.7 Å². The Morgan fingerprint density at radius 3 is 2.85 bits per heavy atom. The second kappa shape index (κ2) is 8.33. The molecule has 27 heavy (non-hydrogen) atoms. The summed E-state index contributed by atoms with van der Waals surface area (Å²) >= 11 is 0. The van der Waals surface area contributed by atoms with Gasteiger partial charge in [-0.05, 0) is 49.7 Å². The molecule has 2 heterocycles. The topological polar surface area (TPSA) is 58.1 Å². The third kappa shape index (κ3) is 4.35. The van der Waals surface area contributed by atoms with E-state index in [1.807, 2.05) is 6.07 Å². The van der Waals surface area contributed by atoms with Gasteiger partial charge in [0.25, 0.3) is 5.91 Å². The molecule has 5 nitrogen and oxygen atoms in total. The smallest absolute Gasteiger partial charge is 0.270 e. The highest BCUT2D eigenvalue weighted by atomic mass is 16.1. The lowest BCUT2D eigenvalue weighted by Gasteiger charge is -2.29. The van der Waals surface area contributed by atoms with Gasteiger partial charge in [-0.1, -0.05) is 35.9 Å². The molecule has 5 heteroatoms. The van der Waals surface area contributed by atoms with Gasteiger partial charge >= 0.3 is 0 Å². The molecule has 0 spiro atoms. The number of allylic oxidation sites excluding steroid dienone is 1. The Labute approximate surface area is 160 Å². The van der Waals surface area contributed by atoms with Crippen molar-refractivity contribution in [2.24, 2.45) is 0 Å². The summed E-state index contributed by atoms with van der Waals surface area (Å²) in [4.78, 5) is 23.3. The standard InChI is InChI=1S/C22H26N4O/c27-22(23-12-10-17-6-2-1-3-7-17)20-14-21(25-16-24-20)26-13-11-18-8-4-5-9-19(18)15-26/h4-6,8-9,14,16H,1-3,7,10-13,15H2,(H,23,27). The van der Waals surface area contributed by atoms with Crippen molar-refractivity contribution in [3.05, 3.63) is 65.1 Å². The molecule has 1 N–H and O–H groups in total. The number of nitrogens with zero attached hydrogens (tertiary/aromatic N) is 3. The number of aromatic nitrogens is 2. The van der Waals surface area contributed by atoms with Crippen LogP contribution in [0.25, 0.3) is 0 Å². The number of fused-ring (bicyclic) bond motifs is 1. The van der Waals surface area contributed by atoms with Crippen molar-refractivity contribution in [2.45, 2.75) is 45.1 Å². The fourth-order valence-electron chi connectivity index (χ4n) is 3.89. The van der Waals surface area contributed by atoms with Crippen LogP contribution in [0.5, 0.6) is 0 Å². The largest absolute Gasteiger partial charge is 0.352 e. The maximum Gasteiger partial charge on any atom is 0.270 e. The van der Waals surface area contributed by atoms with Gasteiger partial charge in [-0.25, -0.2) is 9.97 Å². The Morgan fingerprint density at radius 1 is 1.11 bits per heavy atom. The van der Waals surface area contributed by atoms with Crippen LogP contribution in [0, 0.1) is 0 Å². The van der Waals surface area contributed by atoms with Gasteiger partial charge in [0.05, 0.1) is 0 Å². The van der Waals surface area contributed by atoms with Crippen molar-refractivity contribution in [1.29, 1.82) is 0 Å². The molecule has 0 unspecified atom stereocenters. The average molecular weight is 362 g/mol. The van der Waals surface area contributed by atoms with E-state index in [0.29, 0.717) is 12.2 Å². The van der Waals surface area contributed by atoms with Gasteiger partial charge < -0.3 is 10.2 Å². The maximum atomic E-state index is 12.5. The van der Waals surface area contributed by atoms with Gasteiger partial charge in [0.15, 0.2) is 0 Å². The molecule has 0 bridgehead atoms. The fraction of sp³-hybridized carbons (Fsp3) is 0.409. The Kier molecular flexibility index (Phi) is 5.47. The minimum atomic E-state index is -0.118. The number of hydrogen-bond donors (Lipinski definition) is 1. The summed E-state index contributed by atoms with van der Waals surface area (Å²) in [7, 11) is 0. The van der Waals surface area contributed by atoms with E-state index in [1.54, 1.807) is 0 Å². The van der Waals surface area contributed by atoms with Crippen LogP contribution in [0.3, 0.4) is 0 Å². The van der Waals surface area contributed by atoms with E-state index in [4.69, 9.17) is 0 Å². The summed E-state index contributed by atoms with van der Waals surface area (Å²) in [6, 6.07) is 10.3. The molecule has 140 valence electrons. The Morgan fingerprint density at radius 2 is 2.00 bits per heavy atom. The highest BCUT2D eigenvalue weighted by Gasteiger charge is 2.18. The molecule has 0 saturated carbocycles. The second-order valence-corrected chi connectivity index (χ2v) is 7.32. The second-order valence-electron chi connectivity index (χ2n) is 7.32. The quantitative estimate of drug-likeness (QED) is 0.825. The number of anilines is 1. The third-order valence-electron chi connectivity index (χ3n) is 5.46. The summed E-state index contributed by atoms with van der Waals surface area (Å²) in [5, 5.41) is 3.00. The molecule has 1 aliphatic heterocycles. The van der Waals surface area contributed by atoms with Crippen molar-refractivity contribution in [3.8, 4) is 0 Å². The lowest BCUT2D eigenvalue weighted by Crippen LogP contribution is -2.32. The summed E-state index contributed by atoms with van der Waals surface area (Å²) < 4.78 is 0. The van der Waals surface area contributed by atoms with Crippen molar-refractivity contribution in [1.82, 2.24) is 15.3 Å².